The normalized spacial score (nSPS) is 15.2. The molecule has 50 heavy (non-hydrogen) atoms. The molecule has 0 N–H and O–H groups in total. The largest absolute Gasteiger partial charge is 0.463 e. The van der Waals surface area contributed by atoms with Gasteiger partial charge in [0.1, 0.15) is 0 Å². The Kier molecular flexibility index (Phi) is 8.05. The van der Waals surface area contributed by atoms with Crippen LogP contribution in [-0.2, 0) is 9.53 Å². The number of aryl methyl sites for hydroxylation is 1. The fourth-order valence-corrected chi connectivity index (χ4v) is 7.68. The molecule has 0 amide bonds. The summed E-state index contributed by atoms with van der Waals surface area (Å²) in [6, 6.07) is 35.8. The van der Waals surface area contributed by atoms with Gasteiger partial charge in [0.15, 0.2) is 16.3 Å². The zero-order valence-corrected chi connectivity index (χ0v) is 28.6. The molecule has 9 heteroatoms. The van der Waals surface area contributed by atoms with E-state index in [0.717, 1.165) is 33.8 Å². The van der Waals surface area contributed by atoms with E-state index in [0.29, 0.717) is 37.7 Å². The van der Waals surface area contributed by atoms with Gasteiger partial charge in [-0.1, -0.05) is 95.8 Å². The van der Waals surface area contributed by atoms with Crippen LogP contribution >= 0.6 is 11.3 Å². The van der Waals surface area contributed by atoms with Gasteiger partial charge in [0.2, 0.25) is 6.79 Å². The summed E-state index contributed by atoms with van der Waals surface area (Å²) in [4.78, 5) is 33.4. The summed E-state index contributed by atoms with van der Waals surface area (Å²) in [6.45, 7) is 5.92. The Bertz CT molecular complexity index is 2480. The Labute approximate surface area is 292 Å². The number of carbonyl (C=O) groups excluding carboxylic acids is 1. The molecule has 0 fully saturated rings. The zero-order valence-electron chi connectivity index (χ0n) is 27.8. The third kappa shape index (κ3) is 5.45. The summed E-state index contributed by atoms with van der Waals surface area (Å²) >= 11 is 1.30. The van der Waals surface area contributed by atoms with Gasteiger partial charge in [0.25, 0.3) is 5.56 Å². The number of benzene rings is 4. The molecule has 0 spiro atoms. The van der Waals surface area contributed by atoms with Crippen molar-refractivity contribution in [2.24, 2.45) is 4.99 Å². The van der Waals surface area contributed by atoms with Crippen molar-refractivity contribution >= 4 is 23.4 Å². The molecule has 4 aromatic carbocycles. The number of aromatic nitrogens is 2. The molecule has 0 saturated carbocycles. The van der Waals surface area contributed by atoms with Crippen molar-refractivity contribution in [3.05, 3.63) is 157 Å². The molecule has 0 bridgehead atoms. The second-order valence-electron chi connectivity index (χ2n) is 12.2. The Morgan fingerprint density at radius 2 is 1.60 bits per heavy atom. The Morgan fingerprint density at radius 1 is 0.900 bits per heavy atom. The van der Waals surface area contributed by atoms with E-state index in [9.17, 15) is 9.59 Å². The number of rotatable bonds is 7. The minimum absolute atomic E-state index is 0.109. The van der Waals surface area contributed by atoms with Crippen LogP contribution < -0.4 is 24.4 Å². The topological polar surface area (TPSA) is 84.1 Å². The monoisotopic (exact) mass is 679 g/mol. The van der Waals surface area contributed by atoms with Gasteiger partial charge in [-0.25, -0.2) is 9.79 Å². The van der Waals surface area contributed by atoms with Crippen LogP contribution in [0.2, 0.25) is 0 Å². The standard InChI is InChI=1S/C41H33N3O5S/c1-4-47-40(46)36-26(3)42-41-44(38(36)29-17-20-33-34(22-29)49-24-48-33)39(45)35(50-41)23-30-21-32(27-11-7-5-8-12-27)43(31-18-15-25(2)16-19-31)37(30)28-13-9-6-10-14-28/h5-23,38H,4,24H2,1-3H3/b35-23-/t38-/m1/s1. The van der Waals surface area contributed by atoms with E-state index in [4.69, 9.17) is 19.2 Å². The molecule has 6 aromatic rings. The lowest BCUT2D eigenvalue weighted by molar-refractivity contribution is -0.139. The van der Waals surface area contributed by atoms with Crippen molar-refractivity contribution in [1.82, 2.24) is 9.13 Å². The second-order valence-corrected chi connectivity index (χ2v) is 13.2. The number of esters is 1. The molecule has 8 nitrogen and oxygen atoms in total. The number of thiazole rings is 1. The van der Waals surface area contributed by atoms with E-state index in [2.05, 4.69) is 66.1 Å². The highest BCUT2D eigenvalue weighted by Crippen LogP contribution is 2.39. The highest BCUT2D eigenvalue weighted by Gasteiger charge is 2.34. The minimum Gasteiger partial charge on any atom is -0.463 e. The van der Waals surface area contributed by atoms with E-state index in [1.54, 1.807) is 24.5 Å². The zero-order chi connectivity index (χ0) is 34.4. The first-order chi connectivity index (χ1) is 24.4. The quantitative estimate of drug-likeness (QED) is 0.171. The van der Waals surface area contributed by atoms with Crippen molar-refractivity contribution in [2.75, 3.05) is 13.4 Å². The number of nitrogens with zero attached hydrogens (tertiary/aromatic N) is 3. The van der Waals surface area contributed by atoms with Crippen LogP contribution in [0.25, 0.3) is 34.3 Å². The summed E-state index contributed by atoms with van der Waals surface area (Å²) in [5.74, 6) is 0.654. The average Bonchev–Trinajstić information content (AvgIpc) is 3.84. The van der Waals surface area contributed by atoms with Gasteiger partial charge in [-0.05, 0) is 73.9 Å². The molecule has 8 rings (SSSR count). The first kappa shape index (κ1) is 31.3. The fraction of sp³-hybridized carbons (Fsp3) is 0.146. The van der Waals surface area contributed by atoms with Gasteiger partial charge in [0, 0.05) is 11.3 Å². The number of hydrogen-bond donors (Lipinski definition) is 0. The molecule has 2 aliphatic rings. The molecule has 4 heterocycles. The second kappa shape index (κ2) is 12.8. The predicted octanol–water partition coefficient (Wildman–Crippen LogP) is 6.96. The first-order valence-electron chi connectivity index (χ1n) is 16.4. The van der Waals surface area contributed by atoms with Crippen LogP contribution in [-0.4, -0.2) is 28.5 Å². The lowest BCUT2D eigenvalue weighted by Gasteiger charge is -2.24. The van der Waals surface area contributed by atoms with Crippen LogP contribution in [0, 0.1) is 6.92 Å². The summed E-state index contributed by atoms with van der Waals surface area (Å²) in [7, 11) is 0. The molecule has 0 saturated heterocycles. The Balaban J connectivity index is 1.38. The van der Waals surface area contributed by atoms with E-state index >= 15 is 0 Å². The molecule has 2 aliphatic heterocycles. The van der Waals surface area contributed by atoms with E-state index in [1.165, 1.54) is 16.9 Å². The van der Waals surface area contributed by atoms with Gasteiger partial charge in [0.05, 0.1) is 39.8 Å². The van der Waals surface area contributed by atoms with Crippen molar-refractivity contribution in [2.45, 2.75) is 26.8 Å². The molecule has 2 aromatic heterocycles. The summed E-state index contributed by atoms with van der Waals surface area (Å²) in [5, 5.41) is 0. The number of ether oxygens (including phenoxy) is 3. The van der Waals surface area contributed by atoms with Gasteiger partial charge in [-0.2, -0.15) is 0 Å². The Hall–Kier alpha value is -5.93. The smallest absolute Gasteiger partial charge is 0.338 e. The lowest BCUT2D eigenvalue weighted by Crippen LogP contribution is -2.39. The third-order valence-corrected chi connectivity index (χ3v) is 9.94. The van der Waals surface area contributed by atoms with Crippen LogP contribution in [0.5, 0.6) is 11.5 Å². The van der Waals surface area contributed by atoms with Crippen molar-refractivity contribution in [3.8, 4) is 39.7 Å². The molecule has 0 unspecified atom stereocenters. The number of allylic oxidation sites excluding steroid dienone is 1. The van der Waals surface area contributed by atoms with Crippen LogP contribution in [0.15, 0.2) is 130 Å². The minimum atomic E-state index is -0.771. The maximum absolute atomic E-state index is 14.6. The third-order valence-electron chi connectivity index (χ3n) is 8.96. The first-order valence-corrected chi connectivity index (χ1v) is 17.3. The SMILES string of the molecule is CCOC(=O)C1=C(C)N=c2s/c(=C\c3cc(-c4ccccc4)n(-c4ccc(C)cc4)c3-c3ccccc3)c(=O)n2[C@@H]1c1ccc2c(c1)OCO2. The summed E-state index contributed by atoms with van der Waals surface area (Å²) in [6.07, 6.45) is 1.95. The molecule has 0 aliphatic carbocycles. The highest BCUT2D eigenvalue weighted by atomic mass is 32.1. The number of hydrogen-bond acceptors (Lipinski definition) is 7. The Morgan fingerprint density at radius 3 is 2.32 bits per heavy atom. The number of carbonyl (C=O) groups is 1. The van der Waals surface area contributed by atoms with Crippen LogP contribution in [0.3, 0.4) is 0 Å². The molecule has 248 valence electrons. The molecule has 1 atom stereocenters. The van der Waals surface area contributed by atoms with Crippen molar-refractivity contribution < 1.29 is 19.0 Å². The lowest BCUT2D eigenvalue weighted by atomic mass is 9.95. The average molecular weight is 680 g/mol. The molecular weight excluding hydrogens is 647 g/mol. The predicted molar refractivity (Wildman–Crippen MR) is 194 cm³/mol. The summed E-state index contributed by atoms with van der Waals surface area (Å²) < 4.78 is 21.1. The number of fused-ring (bicyclic) bond motifs is 2. The van der Waals surface area contributed by atoms with E-state index in [1.807, 2.05) is 54.6 Å². The fourth-order valence-electron chi connectivity index (χ4n) is 6.65. The van der Waals surface area contributed by atoms with Gasteiger partial charge >= 0.3 is 5.97 Å². The van der Waals surface area contributed by atoms with Crippen molar-refractivity contribution in [1.29, 1.82) is 0 Å². The van der Waals surface area contributed by atoms with Gasteiger partial charge in [-0.15, -0.1) is 0 Å². The maximum atomic E-state index is 14.6. The van der Waals surface area contributed by atoms with Gasteiger partial charge < -0.3 is 18.8 Å². The van der Waals surface area contributed by atoms with Crippen molar-refractivity contribution in [3.63, 3.8) is 0 Å². The highest BCUT2D eigenvalue weighted by molar-refractivity contribution is 7.07. The van der Waals surface area contributed by atoms with Crippen LogP contribution in [0.1, 0.15) is 36.6 Å². The maximum Gasteiger partial charge on any atom is 0.338 e. The van der Waals surface area contributed by atoms with Gasteiger partial charge in [-0.3, -0.25) is 9.36 Å². The molecular formula is C41H33N3O5S. The van der Waals surface area contributed by atoms with E-state index in [-0.39, 0.29) is 19.0 Å². The molecule has 0 radical (unpaired) electrons. The van der Waals surface area contributed by atoms with Crippen LogP contribution in [0.4, 0.5) is 0 Å². The van der Waals surface area contributed by atoms with E-state index < -0.39 is 12.0 Å². The summed E-state index contributed by atoms with van der Waals surface area (Å²) in [5.41, 5.74) is 8.30.